The number of rotatable bonds is 4. The number of carboxylic acids is 1. The van der Waals surface area contributed by atoms with E-state index < -0.39 is 17.8 Å². The van der Waals surface area contributed by atoms with Gasteiger partial charge in [-0.05, 0) is 17.7 Å². The highest BCUT2D eigenvalue weighted by Gasteiger charge is 2.28. The molecule has 1 heterocycles. The van der Waals surface area contributed by atoms with Crippen molar-refractivity contribution in [2.24, 2.45) is 0 Å². The molecule has 0 radical (unpaired) electrons. The smallest absolute Gasteiger partial charge is 0.339 e. The number of aliphatic hydroxyl groups excluding tert-OH is 1. The molecule has 7 nitrogen and oxygen atoms in total. The summed E-state index contributed by atoms with van der Waals surface area (Å²) in [5.41, 5.74) is 0.0831. The van der Waals surface area contributed by atoms with E-state index in [0.29, 0.717) is 0 Å². The summed E-state index contributed by atoms with van der Waals surface area (Å²) in [7, 11) is 0. The Balaban J connectivity index is 2.01. The Hall–Kier alpha value is -2.93. The first kappa shape index (κ1) is 15.0. The maximum atomic E-state index is 11.4. The minimum absolute atomic E-state index is 0.0248. The lowest BCUT2D eigenvalue weighted by Crippen LogP contribution is -2.08. The summed E-state index contributed by atoms with van der Waals surface area (Å²) in [5, 5.41) is 39.5. The molecule has 0 saturated carbocycles. The molecule has 0 amide bonds. The molecular formula is C16H14O7. The van der Waals surface area contributed by atoms with Crippen molar-refractivity contribution in [2.75, 3.05) is 6.79 Å². The van der Waals surface area contributed by atoms with Crippen LogP contribution >= 0.6 is 0 Å². The highest BCUT2D eigenvalue weighted by atomic mass is 16.7. The van der Waals surface area contributed by atoms with E-state index in [-0.39, 0.29) is 47.2 Å². The first-order chi connectivity index (χ1) is 11.0. The van der Waals surface area contributed by atoms with Crippen LogP contribution in [-0.4, -0.2) is 33.2 Å². The van der Waals surface area contributed by atoms with Crippen LogP contribution in [0.3, 0.4) is 0 Å². The standard InChI is InChI=1S/C16H14O7/c17-10-4-2-1-3-9(10)11(18)5-8-6-12-15(23-7-22-12)14(19)13(8)16(20)21/h1-4,6,11,17-19H,5,7H2,(H,20,21)/t11-/m1/s1. The monoisotopic (exact) mass is 318 g/mol. The Morgan fingerprint density at radius 2 is 1.96 bits per heavy atom. The zero-order valence-corrected chi connectivity index (χ0v) is 11.9. The van der Waals surface area contributed by atoms with Gasteiger partial charge in [-0.25, -0.2) is 4.79 Å². The Labute approximate surface area is 131 Å². The number of benzene rings is 2. The summed E-state index contributed by atoms with van der Waals surface area (Å²) in [6, 6.07) is 7.63. The molecule has 0 aliphatic carbocycles. The number of aromatic carboxylic acids is 1. The molecule has 3 rings (SSSR count). The van der Waals surface area contributed by atoms with E-state index in [1.54, 1.807) is 12.1 Å². The third kappa shape index (κ3) is 2.62. The van der Waals surface area contributed by atoms with Crippen LogP contribution in [0.1, 0.15) is 27.6 Å². The second-order valence-electron chi connectivity index (χ2n) is 5.08. The number of phenols is 2. The van der Waals surface area contributed by atoms with E-state index in [9.17, 15) is 25.2 Å². The Kier molecular flexibility index (Phi) is 3.71. The molecule has 4 N–H and O–H groups in total. The van der Waals surface area contributed by atoms with Crippen LogP contribution in [-0.2, 0) is 6.42 Å². The van der Waals surface area contributed by atoms with E-state index in [1.165, 1.54) is 18.2 Å². The van der Waals surface area contributed by atoms with Crippen LogP contribution in [0.25, 0.3) is 0 Å². The summed E-state index contributed by atoms with van der Waals surface area (Å²) >= 11 is 0. The largest absolute Gasteiger partial charge is 0.508 e. The van der Waals surface area contributed by atoms with Crippen molar-refractivity contribution in [1.29, 1.82) is 0 Å². The predicted molar refractivity (Wildman–Crippen MR) is 78.0 cm³/mol. The quantitative estimate of drug-likeness (QED) is 0.679. The van der Waals surface area contributed by atoms with Crippen LogP contribution in [0.4, 0.5) is 0 Å². The van der Waals surface area contributed by atoms with Gasteiger partial charge in [-0.1, -0.05) is 18.2 Å². The molecule has 120 valence electrons. The predicted octanol–water partition coefficient (Wildman–Crippen LogP) is 1.80. The molecule has 0 bridgehead atoms. The van der Waals surface area contributed by atoms with Crippen molar-refractivity contribution in [1.82, 2.24) is 0 Å². The molecule has 7 heteroatoms. The number of aromatic hydroxyl groups is 2. The molecule has 0 unspecified atom stereocenters. The van der Waals surface area contributed by atoms with E-state index in [2.05, 4.69) is 0 Å². The number of hydrogen-bond acceptors (Lipinski definition) is 6. The number of para-hydroxylation sites is 1. The van der Waals surface area contributed by atoms with Gasteiger partial charge in [0.25, 0.3) is 0 Å². The van der Waals surface area contributed by atoms with Gasteiger partial charge in [0.1, 0.15) is 11.3 Å². The van der Waals surface area contributed by atoms with Crippen LogP contribution in [0.5, 0.6) is 23.0 Å². The molecule has 2 aromatic carbocycles. The van der Waals surface area contributed by atoms with Gasteiger partial charge in [-0.2, -0.15) is 0 Å². The number of fused-ring (bicyclic) bond motifs is 1. The fraction of sp³-hybridized carbons (Fsp3) is 0.188. The van der Waals surface area contributed by atoms with E-state index in [4.69, 9.17) is 9.47 Å². The summed E-state index contributed by atoms with van der Waals surface area (Å²) in [6.07, 6.45) is -1.27. The third-order valence-corrected chi connectivity index (χ3v) is 3.64. The lowest BCUT2D eigenvalue weighted by molar-refractivity contribution is 0.0690. The fourth-order valence-corrected chi connectivity index (χ4v) is 2.56. The van der Waals surface area contributed by atoms with Crippen LogP contribution in [0.2, 0.25) is 0 Å². The molecule has 1 aliphatic heterocycles. The van der Waals surface area contributed by atoms with Crippen LogP contribution in [0.15, 0.2) is 30.3 Å². The minimum Gasteiger partial charge on any atom is -0.508 e. The zero-order chi connectivity index (χ0) is 16.6. The molecule has 0 spiro atoms. The lowest BCUT2D eigenvalue weighted by atomic mass is 9.95. The average Bonchev–Trinajstić information content (AvgIpc) is 2.96. The van der Waals surface area contributed by atoms with E-state index >= 15 is 0 Å². The first-order valence-electron chi connectivity index (χ1n) is 6.82. The summed E-state index contributed by atoms with van der Waals surface area (Å²) < 4.78 is 10.2. The van der Waals surface area contributed by atoms with Crippen molar-refractivity contribution in [2.45, 2.75) is 12.5 Å². The van der Waals surface area contributed by atoms with Crippen molar-refractivity contribution < 1.29 is 34.7 Å². The summed E-state index contributed by atoms with van der Waals surface area (Å²) in [5.74, 6) is -1.79. The number of ether oxygens (including phenoxy) is 2. The Morgan fingerprint density at radius 3 is 2.65 bits per heavy atom. The lowest BCUT2D eigenvalue weighted by Gasteiger charge is -2.15. The molecule has 2 aromatic rings. The van der Waals surface area contributed by atoms with Crippen LogP contribution in [0, 0.1) is 0 Å². The fourth-order valence-electron chi connectivity index (χ4n) is 2.56. The number of hydrogen-bond donors (Lipinski definition) is 4. The summed E-state index contributed by atoms with van der Waals surface area (Å²) in [6.45, 7) is -0.118. The van der Waals surface area contributed by atoms with Crippen molar-refractivity contribution in [3.8, 4) is 23.0 Å². The zero-order valence-electron chi connectivity index (χ0n) is 11.9. The number of carboxylic acid groups (broad SMARTS) is 1. The molecule has 23 heavy (non-hydrogen) atoms. The van der Waals surface area contributed by atoms with Gasteiger partial charge in [-0.3, -0.25) is 0 Å². The number of carbonyl (C=O) groups is 1. The SMILES string of the molecule is O=C(O)c1c(C[C@@H](O)c2ccccc2O)cc2c(c1O)OCO2. The maximum absolute atomic E-state index is 11.4. The normalized spacial score (nSPS) is 13.8. The molecule has 0 aromatic heterocycles. The van der Waals surface area contributed by atoms with Crippen LogP contribution < -0.4 is 9.47 Å². The van der Waals surface area contributed by atoms with Gasteiger partial charge in [0.15, 0.2) is 11.5 Å². The van der Waals surface area contributed by atoms with Gasteiger partial charge >= 0.3 is 5.97 Å². The Bertz CT molecular complexity index is 769. The van der Waals surface area contributed by atoms with Crippen molar-refractivity contribution in [3.05, 3.63) is 47.0 Å². The maximum Gasteiger partial charge on any atom is 0.339 e. The van der Waals surface area contributed by atoms with Gasteiger partial charge in [0, 0.05) is 12.0 Å². The van der Waals surface area contributed by atoms with Crippen molar-refractivity contribution >= 4 is 5.97 Å². The van der Waals surface area contributed by atoms with Gasteiger partial charge in [0.05, 0.1) is 6.10 Å². The van der Waals surface area contributed by atoms with Gasteiger partial charge in [0.2, 0.25) is 12.5 Å². The average molecular weight is 318 g/mol. The van der Waals surface area contributed by atoms with Gasteiger partial charge in [-0.15, -0.1) is 0 Å². The molecule has 1 aliphatic rings. The second-order valence-corrected chi connectivity index (χ2v) is 5.08. The van der Waals surface area contributed by atoms with E-state index in [1.807, 2.05) is 0 Å². The number of phenolic OH excluding ortho intramolecular Hbond substituents is 1. The molecule has 1 atom stereocenters. The highest BCUT2D eigenvalue weighted by Crippen LogP contribution is 2.45. The third-order valence-electron chi connectivity index (χ3n) is 3.64. The Morgan fingerprint density at radius 1 is 1.22 bits per heavy atom. The van der Waals surface area contributed by atoms with Gasteiger partial charge < -0.3 is 29.9 Å². The number of aliphatic hydroxyl groups is 1. The molecule has 0 fully saturated rings. The first-order valence-corrected chi connectivity index (χ1v) is 6.82. The highest BCUT2D eigenvalue weighted by molar-refractivity contribution is 5.94. The summed E-state index contributed by atoms with van der Waals surface area (Å²) in [4.78, 5) is 11.4. The molecular weight excluding hydrogens is 304 g/mol. The topological polar surface area (TPSA) is 116 Å². The second kappa shape index (κ2) is 5.69. The van der Waals surface area contributed by atoms with Crippen molar-refractivity contribution in [3.63, 3.8) is 0 Å². The molecule has 0 saturated heterocycles. The van der Waals surface area contributed by atoms with E-state index in [0.717, 1.165) is 0 Å². The minimum atomic E-state index is -1.35.